The number of aryl methyl sites for hydroxylation is 3. The van der Waals surface area contributed by atoms with Crippen LogP contribution in [0, 0.1) is 13.8 Å². The molecule has 0 atom stereocenters. The quantitative estimate of drug-likeness (QED) is 0.849. The lowest BCUT2D eigenvalue weighted by atomic mass is 10.3. The second-order valence-electron chi connectivity index (χ2n) is 6.20. The molecule has 0 aliphatic carbocycles. The van der Waals surface area contributed by atoms with Gasteiger partial charge in [0, 0.05) is 51.0 Å². The van der Waals surface area contributed by atoms with Crippen molar-refractivity contribution in [1.29, 1.82) is 0 Å². The van der Waals surface area contributed by atoms with Crippen LogP contribution in [0.1, 0.15) is 24.2 Å². The Morgan fingerprint density at radius 2 is 2.08 bits per heavy atom. The van der Waals surface area contributed by atoms with Crippen molar-refractivity contribution in [3.63, 3.8) is 0 Å². The number of aromatic nitrogens is 4. The maximum atomic E-state index is 12.5. The van der Waals surface area contributed by atoms with Crippen LogP contribution < -0.4 is 4.90 Å². The Kier molecular flexibility index (Phi) is 5.08. The summed E-state index contributed by atoms with van der Waals surface area (Å²) in [5.41, 5.74) is 2.10. The molecule has 2 aromatic rings. The Bertz CT molecular complexity index is 684. The summed E-state index contributed by atoms with van der Waals surface area (Å²) in [5, 5.41) is 12.5. The topological polar surface area (TPSA) is 67.2 Å². The van der Waals surface area contributed by atoms with E-state index < -0.39 is 0 Å². The minimum Gasteiger partial charge on any atom is -0.353 e. The summed E-state index contributed by atoms with van der Waals surface area (Å²) < 4.78 is 1.91. The standard InChI is InChI=1S/C17H24N6O/c1-14-13-15(2)23(20-14)10-6-17(24)22-9-4-8-21(11-12-22)16-5-3-7-18-19-16/h3,5,7,13H,4,6,8-12H2,1-2H3. The Morgan fingerprint density at radius 3 is 2.79 bits per heavy atom. The van der Waals surface area contributed by atoms with Crippen molar-refractivity contribution >= 4 is 11.7 Å². The van der Waals surface area contributed by atoms with Gasteiger partial charge < -0.3 is 9.80 Å². The molecule has 1 aliphatic heterocycles. The molecule has 3 rings (SSSR count). The average Bonchev–Trinajstić information content (AvgIpc) is 2.79. The summed E-state index contributed by atoms with van der Waals surface area (Å²) >= 11 is 0. The fourth-order valence-electron chi connectivity index (χ4n) is 3.12. The second kappa shape index (κ2) is 7.42. The largest absolute Gasteiger partial charge is 0.353 e. The van der Waals surface area contributed by atoms with Gasteiger partial charge in [-0.05, 0) is 38.5 Å². The summed E-state index contributed by atoms with van der Waals surface area (Å²) in [6.45, 7) is 7.86. The predicted octanol–water partition coefficient (Wildman–Crippen LogP) is 1.42. The van der Waals surface area contributed by atoms with E-state index in [1.165, 1.54) is 0 Å². The third kappa shape index (κ3) is 3.90. The minimum atomic E-state index is 0.198. The van der Waals surface area contributed by atoms with E-state index in [4.69, 9.17) is 0 Å². The molecule has 7 nitrogen and oxygen atoms in total. The normalized spacial score (nSPS) is 15.4. The molecule has 1 aliphatic rings. The number of amides is 1. The molecule has 2 aromatic heterocycles. The van der Waals surface area contributed by atoms with Gasteiger partial charge in [-0.2, -0.15) is 10.2 Å². The van der Waals surface area contributed by atoms with Gasteiger partial charge in [0.15, 0.2) is 5.82 Å². The molecule has 24 heavy (non-hydrogen) atoms. The Balaban J connectivity index is 1.54. The first-order valence-corrected chi connectivity index (χ1v) is 8.45. The van der Waals surface area contributed by atoms with Gasteiger partial charge in [-0.3, -0.25) is 9.48 Å². The van der Waals surface area contributed by atoms with Gasteiger partial charge in [-0.25, -0.2) is 0 Å². The van der Waals surface area contributed by atoms with Gasteiger partial charge in [0.25, 0.3) is 0 Å². The highest BCUT2D eigenvalue weighted by atomic mass is 16.2. The number of nitrogens with zero attached hydrogens (tertiary/aromatic N) is 6. The van der Waals surface area contributed by atoms with Gasteiger partial charge in [-0.1, -0.05) is 0 Å². The maximum Gasteiger partial charge on any atom is 0.224 e. The second-order valence-corrected chi connectivity index (χ2v) is 6.20. The average molecular weight is 328 g/mol. The van der Waals surface area contributed by atoms with E-state index in [2.05, 4.69) is 20.2 Å². The minimum absolute atomic E-state index is 0.198. The van der Waals surface area contributed by atoms with Crippen molar-refractivity contribution < 1.29 is 4.79 Å². The third-order valence-corrected chi connectivity index (χ3v) is 4.37. The Hall–Kier alpha value is -2.44. The number of carbonyl (C=O) groups excluding carboxylic acids is 1. The fourth-order valence-corrected chi connectivity index (χ4v) is 3.12. The number of hydrogen-bond donors (Lipinski definition) is 0. The predicted molar refractivity (Wildman–Crippen MR) is 91.8 cm³/mol. The molecule has 0 radical (unpaired) electrons. The highest BCUT2D eigenvalue weighted by molar-refractivity contribution is 5.76. The number of anilines is 1. The maximum absolute atomic E-state index is 12.5. The smallest absolute Gasteiger partial charge is 0.224 e. The molecule has 3 heterocycles. The molecule has 7 heteroatoms. The van der Waals surface area contributed by atoms with Crippen LogP contribution >= 0.6 is 0 Å². The van der Waals surface area contributed by atoms with Gasteiger partial charge in [0.05, 0.1) is 5.69 Å². The summed E-state index contributed by atoms with van der Waals surface area (Å²) in [5.74, 6) is 1.08. The van der Waals surface area contributed by atoms with E-state index >= 15 is 0 Å². The molecule has 0 saturated carbocycles. The van der Waals surface area contributed by atoms with Crippen LogP contribution in [0.25, 0.3) is 0 Å². The van der Waals surface area contributed by atoms with E-state index in [0.717, 1.165) is 49.8 Å². The number of hydrogen-bond acceptors (Lipinski definition) is 5. The molecule has 128 valence electrons. The zero-order chi connectivity index (χ0) is 16.9. The van der Waals surface area contributed by atoms with E-state index in [9.17, 15) is 4.79 Å². The zero-order valence-electron chi connectivity index (χ0n) is 14.4. The fraction of sp³-hybridized carbons (Fsp3) is 0.529. The van der Waals surface area contributed by atoms with Crippen molar-refractivity contribution in [2.75, 3.05) is 31.1 Å². The molecule has 0 aromatic carbocycles. The SMILES string of the molecule is Cc1cc(C)n(CCC(=O)N2CCCN(c3cccnn3)CC2)n1. The molecule has 0 bridgehead atoms. The molecule has 0 spiro atoms. The van der Waals surface area contributed by atoms with Gasteiger partial charge in [0.1, 0.15) is 0 Å². The highest BCUT2D eigenvalue weighted by Gasteiger charge is 2.20. The summed E-state index contributed by atoms with van der Waals surface area (Å²) in [6.07, 6.45) is 3.12. The van der Waals surface area contributed by atoms with Crippen LogP contribution in [-0.2, 0) is 11.3 Å². The molecule has 0 unspecified atom stereocenters. The van der Waals surface area contributed by atoms with Crippen LogP contribution in [0.2, 0.25) is 0 Å². The van der Waals surface area contributed by atoms with Crippen LogP contribution in [0.3, 0.4) is 0 Å². The highest BCUT2D eigenvalue weighted by Crippen LogP contribution is 2.13. The van der Waals surface area contributed by atoms with Gasteiger partial charge >= 0.3 is 0 Å². The lowest BCUT2D eigenvalue weighted by Crippen LogP contribution is -2.35. The van der Waals surface area contributed by atoms with Crippen LogP contribution in [0.5, 0.6) is 0 Å². The van der Waals surface area contributed by atoms with Crippen LogP contribution in [0.15, 0.2) is 24.4 Å². The summed E-state index contributed by atoms with van der Waals surface area (Å²) in [7, 11) is 0. The van der Waals surface area contributed by atoms with Crippen LogP contribution in [0.4, 0.5) is 5.82 Å². The van der Waals surface area contributed by atoms with Crippen LogP contribution in [-0.4, -0.2) is 57.0 Å². The monoisotopic (exact) mass is 328 g/mol. The van der Waals surface area contributed by atoms with Crippen molar-refractivity contribution in [1.82, 2.24) is 24.9 Å². The summed E-state index contributed by atoms with van der Waals surface area (Å²) in [4.78, 5) is 16.7. The molecule has 1 fully saturated rings. The van der Waals surface area contributed by atoms with E-state index in [1.807, 2.05) is 41.6 Å². The van der Waals surface area contributed by atoms with Crippen molar-refractivity contribution in [2.45, 2.75) is 33.2 Å². The van der Waals surface area contributed by atoms with E-state index in [1.54, 1.807) is 6.20 Å². The number of rotatable bonds is 4. The van der Waals surface area contributed by atoms with Crippen molar-refractivity contribution in [3.8, 4) is 0 Å². The van der Waals surface area contributed by atoms with Gasteiger partial charge in [-0.15, -0.1) is 5.10 Å². The molecule has 1 saturated heterocycles. The Morgan fingerprint density at radius 1 is 1.21 bits per heavy atom. The first-order valence-electron chi connectivity index (χ1n) is 8.45. The number of carbonyl (C=O) groups is 1. The molecule has 0 N–H and O–H groups in total. The molecular formula is C17H24N6O. The Labute approximate surface area is 142 Å². The summed E-state index contributed by atoms with van der Waals surface area (Å²) in [6, 6.07) is 5.90. The molecule has 1 amide bonds. The van der Waals surface area contributed by atoms with Gasteiger partial charge in [0.2, 0.25) is 5.91 Å². The lowest BCUT2D eigenvalue weighted by molar-refractivity contribution is -0.131. The zero-order valence-corrected chi connectivity index (χ0v) is 14.4. The van der Waals surface area contributed by atoms with Crippen molar-refractivity contribution in [3.05, 3.63) is 35.8 Å². The van der Waals surface area contributed by atoms with E-state index in [0.29, 0.717) is 13.0 Å². The van der Waals surface area contributed by atoms with E-state index in [-0.39, 0.29) is 5.91 Å². The molecular weight excluding hydrogens is 304 g/mol. The third-order valence-electron chi connectivity index (χ3n) is 4.37. The first kappa shape index (κ1) is 16.4. The lowest BCUT2D eigenvalue weighted by Gasteiger charge is -2.22. The first-order chi connectivity index (χ1) is 11.6. The van der Waals surface area contributed by atoms with Crippen molar-refractivity contribution in [2.24, 2.45) is 0 Å².